The van der Waals surface area contributed by atoms with Crippen LogP contribution in [0.5, 0.6) is 0 Å². The lowest BCUT2D eigenvalue weighted by Crippen LogP contribution is -2.22. The number of hydrogen-bond acceptors (Lipinski definition) is 3. The molecule has 3 nitrogen and oxygen atoms in total. The van der Waals surface area contributed by atoms with Gasteiger partial charge in [0.2, 0.25) is 0 Å². The highest BCUT2D eigenvalue weighted by atomic mass is 79.9. The van der Waals surface area contributed by atoms with Crippen LogP contribution in [0.3, 0.4) is 0 Å². The van der Waals surface area contributed by atoms with Crippen LogP contribution in [0.4, 0.5) is 0 Å². The lowest BCUT2D eigenvalue weighted by atomic mass is 10.1. The molecule has 1 amide bonds. The smallest absolute Gasteiger partial charge is 0.251 e. The summed E-state index contributed by atoms with van der Waals surface area (Å²) in [6.45, 7) is 2.44. The molecule has 1 aromatic heterocycles. The van der Waals surface area contributed by atoms with Crippen LogP contribution in [0, 0.1) is 6.92 Å². The molecule has 0 fully saturated rings. The number of halogens is 1. The van der Waals surface area contributed by atoms with Crippen molar-refractivity contribution in [3.63, 3.8) is 0 Å². The number of aryl methyl sites for hydroxylation is 1. The van der Waals surface area contributed by atoms with E-state index in [1.165, 1.54) is 0 Å². The maximum atomic E-state index is 12.1. The first-order chi connectivity index (χ1) is 10.1. The lowest BCUT2D eigenvalue weighted by molar-refractivity contribution is 0.0951. The Bertz CT molecular complexity index is 780. The Hall–Kier alpha value is -1.72. The molecule has 0 aliphatic heterocycles. The summed E-state index contributed by atoms with van der Waals surface area (Å²) in [5.74, 6) is -0.0880. The predicted octanol–water partition coefficient (Wildman–Crippen LogP) is 4.30. The van der Waals surface area contributed by atoms with Crippen molar-refractivity contribution in [3.8, 4) is 0 Å². The van der Waals surface area contributed by atoms with Crippen LogP contribution in [0.2, 0.25) is 0 Å². The Morgan fingerprint density at radius 1 is 1.29 bits per heavy atom. The van der Waals surface area contributed by atoms with Crippen LogP contribution >= 0.6 is 27.3 Å². The molecular weight excluding hydrogens is 348 g/mol. The number of nitrogens with zero attached hydrogens (tertiary/aromatic N) is 1. The zero-order chi connectivity index (χ0) is 14.8. The highest BCUT2D eigenvalue weighted by molar-refractivity contribution is 9.10. The summed E-state index contributed by atoms with van der Waals surface area (Å²) in [6.07, 6.45) is 0. The molecule has 3 rings (SSSR count). The van der Waals surface area contributed by atoms with Gasteiger partial charge in [-0.3, -0.25) is 4.79 Å². The Labute approximate surface area is 135 Å². The van der Waals surface area contributed by atoms with E-state index in [0.29, 0.717) is 12.1 Å². The first-order valence-electron chi connectivity index (χ1n) is 6.52. The minimum atomic E-state index is -0.0880. The number of carbonyl (C=O) groups excluding carboxylic acids is 1. The van der Waals surface area contributed by atoms with Gasteiger partial charge in [0.05, 0.1) is 16.8 Å². The van der Waals surface area contributed by atoms with Crippen LogP contribution in [-0.4, -0.2) is 10.9 Å². The highest BCUT2D eigenvalue weighted by Crippen LogP contribution is 2.21. The Morgan fingerprint density at radius 3 is 2.86 bits per heavy atom. The van der Waals surface area contributed by atoms with Gasteiger partial charge in [-0.25, -0.2) is 4.98 Å². The van der Waals surface area contributed by atoms with E-state index in [-0.39, 0.29) is 5.91 Å². The van der Waals surface area contributed by atoms with Crippen molar-refractivity contribution in [3.05, 3.63) is 63.1 Å². The van der Waals surface area contributed by atoms with E-state index in [0.717, 1.165) is 25.3 Å². The third-order valence-electron chi connectivity index (χ3n) is 3.17. The molecule has 5 heteroatoms. The number of fused-ring (bicyclic) bond motifs is 1. The molecule has 0 radical (unpaired) electrons. The number of amides is 1. The summed E-state index contributed by atoms with van der Waals surface area (Å²) < 4.78 is 2.08. The van der Waals surface area contributed by atoms with Crippen molar-refractivity contribution in [1.29, 1.82) is 0 Å². The van der Waals surface area contributed by atoms with Gasteiger partial charge < -0.3 is 5.32 Å². The second kappa shape index (κ2) is 5.95. The SMILES string of the molecule is Cc1ccc(C(=O)NCc2nc3ccccc3s2)cc1Br. The zero-order valence-electron chi connectivity index (χ0n) is 11.4. The normalized spacial score (nSPS) is 10.8. The van der Waals surface area contributed by atoms with E-state index >= 15 is 0 Å². The zero-order valence-corrected chi connectivity index (χ0v) is 13.8. The average Bonchev–Trinajstić information content (AvgIpc) is 2.90. The van der Waals surface area contributed by atoms with Gasteiger partial charge in [-0.1, -0.05) is 34.1 Å². The second-order valence-electron chi connectivity index (χ2n) is 4.72. The minimum Gasteiger partial charge on any atom is -0.346 e. The summed E-state index contributed by atoms with van der Waals surface area (Å²) in [5, 5.41) is 3.82. The summed E-state index contributed by atoms with van der Waals surface area (Å²) in [4.78, 5) is 16.6. The van der Waals surface area contributed by atoms with Gasteiger partial charge in [-0.05, 0) is 36.8 Å². The number of carbonyl (C=O) groups is 1. The lowest BCUT2D eigenvalue weighted by Gasteiger charge is -2.05. The molecule has 1 N–H and O–H groups in total. The van der Waals surface area contributed by atoms with Gasteiger partial charge in [0.15, 0.2) is 0 Å². The molecule has 2 aromatic carbocycles. The van der Waals surface area contributed by atoms with Gasteiger partial charge in [0.25, 0.3) is 5.91 Å². The fourth-order valence-corrected chi connectivity index (χ4v) is 3.27. The van der Waals surface area contributed by atoms with Gasteiger partial charge in [-0.15, -0.1) is 11.3 Å². The largest absolute Gasteiger partial charge is 0.346 e. The summed E-state index contributed by atoms with van der Waals surface area (Å²) in [5.41, 5.74) is 2.73. The molecule has 106 valence electrons. The summed E-state index contributed by atoms with van der Waals surface area (Å²) in [7, 11) is 0. The standard InChI is InChI=1S/C16H13BrN2OS/c1-10-6-7-11(8-12(10)17)16(20)18-9-15-19-13-4-2-3-5-14(13)21-15/h2-8H,9H2,1H3,(H,18,20). The van der Waals surface area contributed by atoms with Crippen molar-refractivity contribution in [1.82, 2.24) is 10.3 Å². The summed E-state index contributed by atoms with van der Waals surface area (Å²) in [6, 6.07) is 13.6. The van der Waals surface area contributed by atoms with Gasteiger partial charge in [0, 0.05) is 10.0 Å². The van der Waals surface area contributed by atoms with E-state index in [2.05, 4.69) is 26.2 Å². The first-order valence-corrected chi connectivity index (χ1v) is 8.13. The molecule has 0 atom stereocenters. The van der Waals surface area contributed by atoms with E-state index in [1.807, 2.05) is 49.4 Å². The Morgan fingerprint density at radius 2 is 2.10 bits per heavy atom. The van der Waals surface area contributed by atoms with Crippen LogP contribution in [-0.2, 0) is 6.54 Å². The monoisotopic (exact) mass is 360 g/mol. The molecule has 0 aliphatic carbocycles. The maximum absolute atomic E-state index is 12.1. The van der Waals surface area contributed by atoms with Crippen molar-refractivity contribution in [2.24, 2.45) is 0 Å². The van der Waals surface area contributed by atoms with Gasteiger partial charge in [0.1, 0.15) is 5.01 Å². The van der Waals surface area contributed by atoms with E-state index < -0.39 is 0 Å². The number of nitrogens with one attached hydrogen (secondary N) is 1. The molecule has 0 bridgehead atoms. The molecule has 3 aromatic rings. The predicted molar refractivity (Wildman–Crippen MR) is 89.7 cm³/mol. The van der Waals surface area contributed by atoms with Crippen molar-refractivity contribution in [2.75, 3.05) is 0 Å². The molecule has 0 saturated heterocycles. The van der Waals surface area contributed by atoms with Crippen LogP contribution in [0.15, 0.2) is 46.9 Å². The molecule has 0 saturated carbocycles. The molecule has 1 heterocycles. The van der Waals surface area contributed by atoms with E-state index in [9.17, 15) is 4.79 Å². The van der Waals surface area contributed by atoms with Crippen molar-refractivity contribution in [2.45, 2.75) is 13.5 Å². The Kier molecular flexibility index (Phi) is 4.03. The summed E-state index contributed by atoms with van der Waals surface area (Å²) >= 11 is 5.05. The average molecular weight is 361 g/mol. The number of rotatable bonds is 3. The number of thiazole rings is 1. The first kappa shape index (κ1) is 14.2. The van der Waals surface area contributed by atoms with Crippen LogP contribution < -0.4 is 5.32 Å². The van der Waals surface area contributed by atoms with Gasteiger partial charge in [-0.2, -0.15) is 0 Å². The maximum Gasteiger partial charge on any atom is 0.251 e. The van der Waals surface area contributed by atoms with E-state index in [1.54, 1.807) is 11.3 Å². The molecular formula is C16H13BrN2OS. The van der Waals surface area contributed by atoms with Crippen LogP contribution in [0.1, 0.15) is 20.9 Å². The molecule has 21 heavy (non-hydrogen) atoms. The number of benzene rings is 2. The molecule has 0 aliphatic rings. The van der Waals surface area contributed by atoms with Crippen molar-refractivity contribution >= 4 is 43.4 Å². The third kappa shape index (κ3) is 3.14. The van der Waals surface area contributed by atoms with Crippen molar-refractivity contribution < 1.29 is 4.79 Å². The highest BCUT2D eigenvalue weighted by Gasteiger charge is 2.09. The topological polar surface area (TPSA) is 42.0 Å². The third-order valence-corrected chi connectivity index (χ3v) is 5.06. The van der Waals surface area contributed by atoms with E-state index in [4.69, 9.17) is 0 Å². The fraction of sp³-hybridized carbons (Fsp3) is 0.125. The van der Waals surface area contributed by atoms with Crippen LogP contribution in [0.25, 0.3) is 10.2 Å². The Balaban J connectivity index is 1.71. The van der Waals surface area contributed by atoms with Gasteiger partial charge >= 0.3 is 0 Å². The quantitative estimate of drug-likeness (QED) is 0.756. The molecule has 0 unspecified atom stereocenters. The number of hydrogen-bond donors (Lipinski definition) is 1. The fourth-order valence-electron chi connectivity index (χ4n) is 1.99. The minimum absolute atomic E-state index is 0.0880. The number of para-hydroxylation sites is 1. The second-order valence-corrected chi connectivity index (χ2v) is 6.69. The molecule has 0 spiro atoms. The number of aromatic nitrogens is 1.